The van der Waals surface area contributed by atoms with Gasteiger partial charge in [0.2, 0.25) is 0 Å². The first-order chi connectivity index (χ1) is 9.88. The molecule has 4 heteroatoms. The first-order valence-corrected chi connectivity index (χ1v) is 6.65. The van der Waals surface area contributed by atoms with Crippen molar-refractivity contribution in [2.75, 3.05) is 0 Å². The van der Waals surface area contributed by atoms with E-state index in [9.17, 15) is 13.2 Å². The highest BCUT2D eigenvalue weighted by Crippen LogP contribution is 2.29. The predicted molar refractivity (Wildman–Crippen MR) is 78.5 cm³/mol. The zero-order chi connectivity index (χ0) is 15.5. The molecule has 0 bridgehead atoms. The summed E-state index contributed by atoms with van der Waals surface area (Å²) < 4.78 is 37.6. The molecule has 0 saturated heterocycles. The Bertz CT molecular complexity index is 613. The fourth-order valence-electron chi connectivity index (χ4n) is 2.07. The highest BCUT2D eigenvalue weighted by molar-refractivity contribution is 5.98. The molecule has 0 radical (unpaired) electrons. The molecule has 0 spiro atoms. The minimum Gasteiger partial charge on any atom is -0.282 e. The smallest absolute Gasteiger partial charge is 0.282 e. The van der Waals surface area contributed by atoms with E-state index in [1.807, 2.05) is 44.2 Å². The van der Waals surface area contributed by atoms with Gasteiger partial charge in [0.15, 0.2) is 0 Å². The quantitative estimate of drug-likeness (QED) is 0.683. The van der Waals surface area contributed by atoms with Crippen molar-refractivity contribution in [1.82, 2.24) is 0 Å². The number of hydrogen-bond donors (Lipinski definition) is 0. The van der Waals surface area contributed by atoms with Gasteiger partial charge in [0, 0.05) is 5.71 Å². The molecule has 0 N–H and O–H groups in total. The topological polar surface area (TPSA) is 12.4 Å². The molecule has 2 aromatic rings. The molecule has 0 aliphatic heterocycles. The second kappa shape index (κ2) is 6.12. The molecule has 110 valence electrons. The molecular weight excluding hydrogens is 275 g/mol. The van der Waals surface area contributed by atoms with Crippen LogP contribution in [0.15, 0.2) is 59.6 Å². The Hall–Kier alpha value is -2.10. The van der Waals surface area contributed by atoms with Gasteiger partial charge >= 0.3 is 6.18 Å². The molecule has 1 nitrogen and oxygen atoms in total. The second-order valence-electron chi connectivity index (χ2n) is 4.88. The molecule has 0 aliphatic carbocycles. The highest BCUT2D eigenvalue weighted by Gasteiger charge is 2.29. The molecule has 0 unspecified atom stereocenters. The van der Waals surface area contributed by atoms with Crippen LogP contribution >= 0.6 is 0 Å². The van der Waals surface area contributed by atoms with Gasteiger partial charge in [-0.05, 0) is 37.1 Å². The minimum absolute atomic E-state index is 0.0338. The molecule has 21 heavy (non-hydrogen) atoms. The zero-order valence-corrected chi connectivity index (χ0v) is 11.9. The number of benzene rings is 2. The summed E-state index contributed by atoms with van der Waals surface area (Å²) in [4.78, 5) is 4.54. The number of nitrogens with zero attached hydrogens (tertiary/aromatic N) is 1. The Balaban J connectivity index is 2.20. The lowest BCUT2D eigenvalue weighted by atomic mass is 10.1. The van der Waals surface area contributed by atoms with Gasteiger partial charge in [-0.2, -0.15) is 13.2 Å². The van der Waals surface area contributed by atoms with Crippen LogP contribution in [0.4, 0.5) is 13.2 Å². The van der Waals surface area contributed by atoms with Gasteiger partial charge in [0.25, 0.3) is 0 Å². The van der Waals surface area contributed by atoms with Crippen LogP contribution in [0.2, 0.25) is 0 Å². The summed E-state index contributed by atoms with van der Waals surface area (Å²) in [6.45, 7) is 3.77. The van der Waals surface area contributed by atoms with Crippen LogP contribution in [0.5, 0.6) is 0 Å². The van der Waals surface area contributed by atoms with Gasteiger partial charge < -0.3 is 0 Å². The van der Waals surface area contributed by atoms with E-state index < -0.39 is 11.7 Å². The van der Waals surface area contributed by atoms with E-state index >= 15 is 0 Å². The third-order valence-corrected chi connectivity index (χ3v) is 3.30. The lowest BCUT2D eigenvalue weighted by molar-refractivity contribution is -0.137. The number of hydrogen-bond acceptors (Lipinski definition) is 1. The predicted octanol–water partition coefficient (Wildman–Crippen LogP) is 5.28. The average molecular weight is 291 g/mol. The van der Waals surface area contributed by atoms with Crippen molar-refractivity contribution in [2.24, 2.45) is 4.99 Å². The third kappa shape index (κ3) is 3.94. The summed E-state index contributed by atoms with van der Waals surface area (Å²) in [6.07, 6.45) is -4.30. The van der Waals surface area contributed by atoms with Gasteiger partial charge in [0.05, 0.1) is 11.6 Å². The molecule has 0 aromatic heterocycles. The largest absolute Gasteiger partial charge is 0.416 e. The van der Waals surface area contributed by atoms with Crippen LogP contribution in [0.3, 0.4) is 0 Å². The van der Waals surface area contributed by atoms with Crippen molar-refractivity contribution < 1.29 is 13.2 Å². The van der Waals surface area contributed by atoms with Crippen LogP contribution in [-0.4, -0.2) is 5.71 Å². The normalized spacial score (nSPS) is 14.0. The summed E-state index contributed by atoms with van der Waals surface area (Å²) in [5.74, 6) is 0. The average Bonchev–Trinajstić information content (AvgIpc) is 2.47. The van der Waals surface area contributed by atoms with Gasteiger partial charge in [-0.3, -0.25) is 4.99 Å². The third-order valence-electron chi connectivity index (χ3n) is 3.30. The molecule has 2 aromatic carbocycles. The van der Waals surface area contributed by atoms with E-state index in [0.29, 0.717) is 5.56 Å². The first kappa shape index (κ1) is 15.3. The standard InChI is InChI=1S/C17H16F3N/c1-12(14-6-4-3-5-7-14)21-13(2)15-8-10-16(11-9-15)17(18,19)20/h3-12H,1-2H3/t12-/m1/s1. The minimum atomic E-state index is -4.30. The Morgan fingerprint density at radius 1 is 0.952 bits per heavy atom. The van der Waals surface area contributed by atoms with E-state index in [4.69, 9.17) is 0 Å². The molecule has 0 amide bonds. The first-order valence-electron chi connectivity index (χ1n) is 6.65. The Labute approximate surface area is 122 Å². The van der Waals surface area contributed by atoms with Gasteiger partial charge in [-0.25, -0.2) is 0 Å². The van der Waals surface area contributed by atoms with E-state index in [1.165, 1.54) is 12.1 Å². The van der Waals surface area contributed by atoms with Crippen molar-refractivity contribution in [3.05, 3.63) is 71.3 Å². The summed E-state index contributed by atoms with van der Waals surface area (Å²) in [5.41, 5.74) is 1.85. The van der Waals surface area contributed by atoms with E-state index in [-0.39, 0.29) is 6.04 Å². The second-order valence-corrected chi connectivity index (χ2v) is 4.88. The van der Waals surface area contributed by atoms with Gasteiger partial charge in [0.1, 0.15) is 0 Å². The van der Waals surface area contributed by atoms with Gasteiger partial charge in [-0.1, -0.05) is 42.5 Å². The Morgan fingerprint density at radius 3 is 2.05 bits per heavy atom. The molecule has 0 saturated carbocycles. The highest BCUT2D eigenvalue weighted by atomic mass is 19.4. The maximum atomic E-state index is 12.5. The summed E-state index contributed by atoms with van der Waals surface area (Å²) in [6, 6.07) is 14.8. The number of halogens is 3. The zero-order valence-electron chi connectivity index (χ0n) is 11.9. The summed E-state index contributed by atoms with van der Waals surface area (Å²) >= 11 is 0. The van der Waals surface area contributed by atoms with E-state index in [1.54, 1.807) is 0 Å². The van der Waals surface area contributed by atoms with Crippen LogP contribution in [-0.2, 0) is 6.18 Å². The maximum Gasteiger partial charge on any atom is 0.416 e. The number of aliphatic imine (C=N–C) groups is 1. The monoisotopic (exact) mass is 291 g/mol. The van der Waals surface area contributed by atoms with Crippen LogP contribution in [0, 0.1) is 0 Å². The van der Waals surface area contributed by atoms with Gasteiger partial charge in [-0.15, -0.1) is 0 Å². The number of alkyl halides is 3. The van der Waals surface area contributed by atoms with Crippen molar-refractivity contribution in [3.63, 3.8) is 0 Å². The molecule has 0 fully saturated rings. The van der Waals surface area contributed by atoms with Crippen molar-refractivity contribution in [3.8, 4) is 0 Å². The lowest BCUT2D eigenvalue weighted by Crippen LogP contribution is -2.05. The Kier molecular flexibility index (Phi) is 4.46. The van der Waals surface area contributed by atoms with E-state index in [0.717, 1.165) is 23.4 Å². The SMILES string of the molecule is CC(=N[C@H](C)c1ccccc1)c1ccc(C(F)(F)F)cc1. The Morgan fingerprint density at radius 2 is 1.52 bits per heavy atom. The van der Waals surface area contributed by atoms with Crippen molar-refractivity contribution >= 4 is 5.71 Å². The molecular formula is C17H16F3N. The lowest BCUT2D eigenvalue weighted by Gasteiger charge is -2.10. The number of rotatable bonds is 3. The maximum absolute atomic E-state index is 12.5. The molecule has 0 aliphatic rings. The van der Waals surface area contributed by atoms with Crippen LogP contribution in [0.1, 0.15) is 36.6 Å². The van der Waals surface area contributed by atoms with E-state index in [2.05, 4.69) is 4.99 Å². The molecule has 2 rings (SSSR count). The van der Waals surface area contributed by atoms with Crippen molar-refractivity contribution in [2.45, 2.75) is 26.1 Å². The summed E-state index contributed by atoms with van der Waals surface area (Å²) in [5, 5.41) is 0. The summed E-state index contributed by atoms with van der Waals surface area (Å²) in [7, 11) is 0. The van der Waals surface area contributed by atoms with Crippen LogP contribution < -0.4 is 0 Å². The fraction of sp³-hybridized carbons (Fsp3) is 0.235. The van der Waals surface area contributed by atoms with Crippen LogP contribution in [0.25, 0.3) is 0 Å². The molecule has 0 heterocycles. The fourth-order valence-corrected chi connectivity index (χ4v) is 2.07. The van der Waals surface area contributed by atoms with Crippen molar-refractivity contribution in [1.29, 1.82) is 0 Å². The molecule has 1 atom stereocenters.